The number of nitrogens with one attached hydrogen (secondary N) is 1. The molecule has 4 heteroatoms. The Labute approximate surface area is 73.2 Å². The first-order valence-corrected chi connectivity index (χ1v) is 4.70. The van der Waals surface area contributed by atoms with Crippen molar-refractivity contribution in [1.82, 2.24) is 10.2 Å². The van der Waals surface area contributed by atoms with Crippen LogP contribution in [0.3, 0.4) is 0 Å². The van der Waals surface area contributed by atoms with E-state index in [9.17, 15) is 4.39 Å². The zero-order valence-electron chi connectivity index (χ0n) is 6.47. The van der Waals surface area contributed by atoms with E-state index in [1.165, 1.54) is 24.0 Å². The molecule has 0 radical (unpaired) electrons. The fourth-order valence-corrected chi connectivity index (χ4v) is 1.56. The van der Waals surface area contributed by atoms with Gasteiger partial charge in [-0.15, -0.1) is 11.8 Å². The number of hydrogen-bond acceptors (Lipinski definition) is 2. The summed E-state index contributed by atoms with van der Waals surface area (Å²) in [6, 6.07) is 3.40. The van der Waals surface area contributed by atoms with Gasteiger partial charge in [0.25, 0.3) is 0 Å². The summed E-state index contributed by atoms with van der Waals surface area (Å²) in [5.74, 6) is -0.217. The summed E-state index contributed by atoms with van der Waals surface area (Å²) in [5, 5.41) is 7.04. The number of fused-ring (bicyclic) bond motifs is 1. The highest BCUT2D eigenvalue weighted by atomic mass is 32.2. The lowest BCUT2D eigenvalue weighted by Gasteiger charge is -1.96. The zero-order valence-corrected chi connectivity index (χ0v) is 7.28. The summed E-state index contributed by atoms with van der Waals surface area (Å²) >= 11 is 1.51. The molecule has 1 aromatic heterocycles. The van der Waals surface area contributed by atoms with Crippen LogP contribution in [0.1, 0.15) is 0 Å². The lowest BCUT2D eigenvalue weighted by Crippen LogP contribution is -1.78. The molecule has 0 atom stereocenters. The Kier molecular flexibility index (Phi) is 1.77. The number of aromatic nitrogens is 2. The van der Waals surface area contributed by atoms with Crippen molar-refractivity contribution in [2.45, 2.75) is 4.90 Å². The molecule has 0 unspecified atom stereocenters. The van der Waals surface area contributed by atoms with Gasteiger partial charge in [0, 0.05) is 4.90 Å². The third-order valence-corrected chi connectivity index (χ3v) is 2.42. The van der Waals surface area contributed by atoms with Gasteiger partial charge < -0.3 is 0 Å². The van der Waals surface area contributed by atoms with E-state index in [0.29, 0.717) is 5.39 Å². The molecule has 0 aliphatic carbocycles. The van der Waals surface area contributed by atoms with Crippen LogP contribution >= 0.6 is 11.8 Å². The normalized spacial score (nSPS) is 10.8. The van der Waals surface area contributed by atoms with Gasteiger partial charge in [0.15, 0.2) is 0 Å². The van der Waals surface area contributed by atoms with Crippen LogP contribution in [0.25, 0.3) is 10.9 Å². The number of hydrogen-bond donors (Lipinski definition) is 1. The zero-order chi connectivity index (χ0) is 8.55. The maximum absolute atomic E-state index is 13.2. The second-order valence-electron chi connectivity index (χ2n) is 2.44. The largest absolute Gasteiger partial charge is 0.278 e. The molecule has 1 heterocycles. The molecular weight excluding hydrogens is 175 g/mol. The molecule has 12 heavy (non-hydrogen) atoms. The van der Waals surface area contributed by atoms with Gasteiger partial charge in [-0.1, -0.05) is 0 Å². The Morgan fingerprint density at radius 2 is 2.33 bits per heavy atom. The van der Waals surface area contributed by atoms with E-state index in [2.05, 4.69) is 10.2 Å². The highest BCUT2D eigenvalue weighted by molar-refractivity contribution is 7.98. The SMILES string of the molecule is CSc1cc(F)c2cn[nH]c2c1. The Morgan fingerprint density at radius 3 is 3.08 bits per heavy atom. The van der Waals surface area contributed by atoms with Crippen molar-refractivity contribution in [3.05, 3.63) is 24.1 Å². The number of rotatable bonds is 1. The lowest BCUT2D eigenvalue weighted by atomic mass is 10.2. The number of H-pyrrole nitrogens is 1. The van der Waals surface area contributed by atoms with Crippen LogP contribution in [0.15, 0.2) is 23.2 Å². The molecule has 0 spiro atoms. The third-order valence-electron chi connectivity index (χ3n) is 1.72. The fourth-order valence-electron chi connectivity index (χ4n) is 1.10. The van der Waals surface area contributed by atoms with Gasteiger partial charge in [-0.05, 0) is 18.4 Å². The maximum atomic E-state index is 13.2. The molecule has 0 fully saturated rings. The molecule has 2 aromatic rings. The van der Waals surface area contributed by atoms with Gasteiger partial charge >= 0.3 is 0 Å². The van der Waals surface area contributed by atoms with Gasteiger partial charge in [-0.3, -0.25) is 5.10 Å². The van der Waals surface area contributed by atoms with Crippen molar-refractivity contribution in [2.24, 2.45) is 0 Å². The van der Waals surface area contributed by atoms with E-state index in [4.69, 9.17) is 0 Å². The summed E-state index contributed by atoms with van der Waals surface area (Å²) in [4.78, 5) is 0.907. The number of benzene rings is 1. The standard InChI is InChI=1S/C8H7FN2S/c1-12-5-2-7(9)6-4-10-11-8(6)3-5/h2-4H,1H3,(H,10,11). The van der Waals surface area contributed by atoms with Crippen LogP contribution in [-0.4, -0.2) is 16.5 Å². The van der Waals surface area contributed by atoms with Crippen molar-refractivity contribution in [3.63, 3.8) is 0 Å². The molecule has 0 saturated carbocycles. The number of aromatic amines is 1. The van der Waals surface area contributed by atoms with E-state index in [1.54, 1.807) is 0 Å². The predicted molar refractivity (Wildman–Crippen MR) is 47.8 cm³/mol. The topological polar surface area (TPSA) is 28.7 Å². The number of halogens is 1. The number of thioether (sulfide) groups is 1. The van der Waals surface area contributed by atoms with Crippen LogP contribution in [0.5, 0.6) is 0 Å². The summed E-state index contributed by atoms with van der Waals surface area (Å²) < 4.78 is 13.2. The summed E-state index contributed by atoms with van der Waals surface area (Å²) in [7, 11) is 0. The highest BCUT2D eigenvalue weighted by Crippen LogP contribution is 2.22. The van der Waals surface area contributed by atoms with Gasteiger partial charge in [0.2, 0.25) is 0 Å². The summed E-state index contributed by atoms with van der Waals surface area (Å²) in [6.07, 6.45) is 3.41. The molecule has 0 saturated heterocycles. The minimum absolute atomic E-state index is 0.217. The van der Waals surface area contributed by atoms with Crippen LogP contribution in [0.4, 0.5) is 4.39 Å². The summed E-state index contributed by atoms with van der Waals surface area (Å²) in [5.41, 5.74) is 0.749. The first kappa shape index (κ1) is 7.61. The van der Waals surface area contributed by atoms with E-state index >= 15 is 0 Å². The average Bonchev–Trinajstić information content (AvgIpc) is 2.52. The molecule has 2 rings (SSSR count). The van der Waals surface area contributed by atoms with Crippen molar-refractivity contribution < 1.29 is 4.39 Å². The maximum Gasteiger partial charge on any atom is 0.135 e. The molecule has 0 aliphatic rings. The molecule has 0 amide bonds. The van der Waals surface area contributed by atoms with Gasteiger partial charge in [-0.25, -0.2) is 4.39 Å². The minimum atomic E-state index is -0.217. The van der Waals surface area contributed by atoms with E-state index < -0.39 is 0 Å². The molecule has 1 N–H and O–H groups in total. The Morgan fingerprint density at radius 1 is 1.50 bits per heavy atom. The van der Waals surface area contributed by atoms with Crippen molar-refractivity contribution in [3.8, 4) is 0 Å². The molecule has 0 aliphatic heterocycles. The summed E-state index contributed by atoms with van der Waals surface area (Å²) in [6.45, 7) is 0. The van der Waals surface area contributed by atoms with E-state index in [-0.39, 0.29) is 5.82 Å². The van der Waals surface area contributed by atoms with Gasteiger partial charge in [0.05, 0.1) is 17.1 Å². The average molecular weight is 182 g/mol. The molecule has 2 nitrogen and oxygen atoms in total. The van der Waals surface area contributed by atoms with E-state index in [1.807, 2.05) is 12.3 Å². The second-order valence-corrected chi connectivity index (χ2v) is 3.32. The van der Waals surface area contributed by atoms with Crippen molar-refractivity contribution >= 4 is 22.7 Å². The molecule has 0 bridgehead atoms. The van der Waals surface area contributed by atoms with Crippen molar-refractivity contribution in [2.75, 3.05) is 6.26 Å². The van der Waals surface area contributed by atoms with E-state index in [0.717, 1.165) is 10.4 Å². The fraction of sp³-hybridized carbons (Fsp3) is 0.125. The van der Waals surface area contributed by atoms with Gasteiger partial charge in [0.1, 0.15) is 5.82 Å². The second kappa shape index (κ2) is 2.79. The van der Waals surface area contributed by atoms with Crippen molar-refractivity contribution in [1.29, 1.82) is 0 Å². The van der Waals surface area contributed by atoms with Crippen LogP contribution in [0.2, 0.25) is 0 Å². The first-order valence-electron chi connectivity index (χ1n) is 3.48. The third kappa shape index (κ3) is 1.08. The van der Waals surface area contributed by atoms with Gasteiger partial charge in [-0.2, -0.15) is 5.10 Å². The Bertz CT molecular complexity index is 410. The first-order chi connectivity index (χ1) is 5.81. The quantitative estimate of drug-likeness (QED) is 0.686. The van der Waals surface area contributed by atoms with Crippen LogP contribution in [0, 0.1) is 5.82 Å². The Balaban J connectivity index is 2.75. The monoisotopic (exact) mass is 182 g/mol. The van der Waals surface area contributed by atoms with Crippen LogP contribution < -0.4 is 0 Å². The molecule has 62 valence electrons. The lowest BCUT2D eigenvalue weighted by molar-refractivity contribution is 0.636. The Hall–Kier alpha value is -1.03. The van der Waals surface area contributed by atoms with Crippen LogP contribution in [-0.2, 0) is 0 Å². The minimum Gasteiger partial charge on any atom is -0.278 e. The molecular formula is C8H7FN2S. The predicted octanol–water partition coefficient (Wildman–Crippen LogP) is 2.42. The smallest absolute Gasteiger partial charge is 0.135 e. The number of nitrogens with zero attached hydrogens (tertiary/aromatic N) is 1. The highest BCUT2D eigenvalue weighted by Gasteiger charge is 2.03. The molecule has 1 aromatic carbocycles.